The van der Waals surface area contributed by atoms with Crippen molar-refractivity contribution in [3.05, 3.63) is 54.6 Å². The second-order valence-electron chi connectivity index (χ2n) is 17.0. The summed E-state index contributed by atoms with van der Waals surface area (Å²) in [6, 6.07) is 6.53. The quantitative estimate of drug-likeness (QED) is 0.0570. The molecule has 0 saturated carbocycles. The van der Waals surface area contributed by atoms with E-state index in [1.54, 1.807) is 52.0 Å². The predicted octanol–water partition coefficient (Wildman–Crippen LogP) is -0.148. The summed E-state index contributed by atoms with van der Waals surface area (Å²) in [5.41, 5.74) is 10.9. The molecule has 2 aromatic carbocycles. The van der Waals surface area contributed by atoms with Crippen LogP contribution in [-0.2, 0) is 53.2 Å². The number of hydrogen-bond donors (Lipinski definition) is 8. The fraction of sp³-hybridized carbons (Fsp3) is 0.523. The Morgan fingerprint density at radius 3 is 1.94 bits per heavy atom. The van der Waals surface area contributed by atoms with Gasteiger partial charge in [-0.15, -0.1) is 0 Å². The zero-order valence-corrected chi connectivity index (χ0v) is 39.3. The number of hydrogen-bond acceptors (Lipinski definition) is 12. The topological polar surface area (TPSA) is 336 Å². The van der Waals surface area contributed by atoms with E-state index in [9.17, 15) is 56.7 Å². The van der Waals surface area contributed by atoms with E-state index in [-0.39, 0.29) is 43.2 Å². The van der Waals surface area contributed by atoms with Crippen LogP contribution in [0, 0.1) is 11.8 Å². The molecule has 8 amide bonds. The number of ether oxygens (including phenoxy) is 1. The molecule has 1 heterocycles. The molecule has 0 bridgehead atoms. The number of likely N-dealkylation sites (N-methyl/N-ethyl adjacent to an activating group) is 1. The molecule has 1 aliphatic rings. The number of para-hydroxylation sites is 1. The van der Waals surface area contributed by atoms with Crippen molar-refractivity contribution < 1.29 is 61.4 Å². The molecule has 3 rings (SSSR count). The molecule has 0 unspecified atom stereocenters. The lowest BCUT2D eigenvalue weighted by Gasteiger charge is -2.37. The average molecular weight is 958 g/mol. The molecule has 368 valence electrons. The highest BCUT2D eigenvalue weighted by Gasteiger charge is 2.41. The molecule has 1 aliphatic heterocycles. The van der Waals surface area contributed by atoms with Gasteiger partial charge >= 0.3 is 5.97 Å². The smallest absolute Gasteiger partial charge is 0.305 e. The van der Waals surface area contributed by atoms with Gasteiger partial charge in [-0.2, -0.15) is 0 Å². The van der Waals surface area contributed by atoms with E-state index in [0.717, 1.165) is 0 Å². The third kappa shape index (κ3) is 17.0. The van der Waals surface area contributed by atoms with Crippen molar-refractivity contribution in [2.45, 2.75) is 121 Å². The highest BCUT2D eigenvalue weighted by molar-refractivity contribution is 7.89. The normalized spacial score (nSPS) is 15.9. The number of carbonyl (C=O) groups excluding carboxylic acids is 8. The third-order valence-electron chi connectivity index (χ3n) is 10.6. The standard InChI is InChI=1S/C44H63N9O13S/c1-25(2)22-33(43(62)52(6)38(26(3)4)44(63)53-21-11-14-34(53)39(46)58)51-40(59)27(5)48-41(60)32(24-37(56)57)50-42(61)31(23-35(45)54)49-36(55)15-10-20-47-67(64,65)30-18-16-29(17-19-30)66-28-12-8-7-9-13-28/h7-9,12-13,16-19,25-27,31-34,38,47H,10-11,14-15,20-24H2,1-6H3,(H2,45,54)(H2,46,58)(H,48,60)(H,49,55)(H,50,61)(H,51,59)(H,56,57)/t27-,31-,32-,33-,34-,38-/m0/s1. The number of nitrogens with two attached hydrogens (primary N) is 2. The summed E-state index contributed by atoms with van der Waals surface area (Å²) in [4.78, 5) is 119. The van der Waals surface area contributed by atoms with Crippen molar-refractivity contribution in [1.82, 2.24) is 35.8 Å². The highest BCUT2D eigenvalue weighted by atomic mass is 32.2. The second kappa shape index (κ2) is 25.3. The van der Waals surface area contributed by atoms with Gasteiger partial charge in [-0.05, 0) is 80.8 Å². The van der Waals surface area contributed by atoms with Crippen molar-refractivity contribution in [2.24, 2.45) is 23.3 Å². The van der Waals surface area contributed by atoms with Gasteiger partial charge in [0.15, 0.2) is 0 Å². The molecule has 0 aliphatic carbocycles. The first kappa shape index (κ1) is 54.7. The minimum Gasteiger partial charge on any atom is -0.481 e. The maximum atomic E-state index is 14.0. The first-order valence-electron chi connectivity index (χ1n) is 21.8. The number of benzene rings is 2. The Labute approximate surface area is 389 Å². The predicted molar refractivity (Wildman–Crippen MR) is 242 cm³/mol. The van der Waals surface area contributed by atoms with Crippen LogP contribution < -0.4 is 42.2 Å². The van der Waals surface area contributed by atoms with Gasteiger partial charge in [-0.1, -0.05) is 45.9 Å². The summed E-state index contributed by atoms with van der Waals surface area (Å²) < 4.78 is 33.7. The second-order valence-corrected chi connectivity index (χ2v) is 18.8. The lowest BCUT2D eigenvalue weighted by molar-refractivity contribution is -0.150. The molecule has 6 atom stereocenters. The van der Waals surface area contributed by atoms with Crippen LogP contribution in [0.15, 0.2) is 59.5 Å². The Morgan fingerprint density at radius 2 is 1.37 bits per heavy atom. The van der Waals surface area contributed by atoms with Gasteiger partial charge in [0.25, 0.3) is 0 Å². The molecule has 10 N–H and O–H groups in total. The number of nitrogens with zero attached hydrogens (tertiary/aromatic N) is 2. The van der Waals surface area contributed by atoms with Crippen LogP contribution in [0.25, 0.3) is 0 Å². The summed E-state index contributed by atoms with van der Waals surface area (Å²) in [7, 11) is -2.58. The Kier molecular flexibility index (Phi) is 20.7. The van der Waals surface area contributed by atoms with Crippen LogP contribution >= 0.6 is 0 Å². The molecule has 0 radical (unpaired) electrons. The van der Waals surface area contributed by atoms with E-state index in [2.05, 4.69) is 26.0 Å². The number of carbonyl (C=O) groups is 9. The molecular weight excluding hydrogens is 895 g/mol. The van der Waals surface area contributed by atoms with E-state index < -0.39 is 118 Å². The Hall–Kier alpha value is -6.62. The van der Waals surface area contributed by atoms with E-state index in [1.807, 2.05) is 6.07 Å². The maximum absolute atomic E-state index is 14.0. The van der Waals surface area contributed by atoms with Gasteiger partial charge in [0.2, 0.25) is 57.3 Å². The summed E-state index contributed by atoms with van der Waals surface area (Å²) >= 11 is 0. The number of likely N-dealkylation sites (tertiary alicyclic amines) is 1. The van der Waals surface area contributed by atoms with Crippen molar-refractivity contribution in [1.29, 1.82) is 0 Å². The number of primary amides is 2. The third-order valence-corrected chi connectivity index (χ3v) is 12.1. The minimum absolute atomic E-state index is 0.0541. The van der Waals surface area contributed by atoms with Gasteiger partial charge in [-0.25, -0.2) is 13.1 Å². The lowest BCUT2D eigenvalue weighted by atomic mass is 9.97. The molecule has 2 aromatic rings. The van der Waals surface area contributed by atoms with Crippen molar-refractivity contribution >= 4 is 63.3 Å². The number of rotatable bonds is 26. The van der Waals surface area contributed by atoms with Crippen molar-refractivity contribution in [2.75, 3.05) is 20.1 Å². The van der Waals surface area contributed by atoms with E-state index in [4.69, 9.17) is 16.2 Å². The fourth-order valence-electron chi connectivity index (χ4n) is 7.33. The Morgan fingerprint density at radius 1 is 0.791 bits per heavy atom. The molecule has 0 spiro atoms. The minimum atomic E-state index is -4.00. The van der Waals surface area contributed by atoms with E-state index >= 15 is 0 Å². The summed E-state index contributed by atoms with van der Waals surface area (Å²) in [6.45, 7) is 8.39. The van der Waals surface area contributed by atoms with Gasteiger partial charge in [-0.3, -0.25) is 43.2 Å². The van der Waals surface area contributed by atoms with Crippen LogP contribution in [0.5, 0.6) is 11.5 Å². The Bertz CT molecular complexity index is 2210. The Balaban J connectivity index is 1.62. The van der Waals surface area contributed by atoms with Gasteiger partial charge < -0.3 is 52.4 Å². The summed E-state index contributed by atoms with van der Waals surface area (Å²) in [5, 5.41) is 19.0. The molecule has 1 saturated heterocycles. The highest BCUT2D eigenvalue weighted by Crippen LogP contribution is 2.24. The summed E-state index contributed by atoms with van der Waals surface area (Å²) in [5.74, 6) is -7.91. The lowest BCUT2D eigenvalue weighted by Crippen LogP contribution is -2.60. The van der Waals surface area contributed by atoms with Crippen LogP contribution in [0.4, 0.5) is 0 Å². The number of amides is 8. The first-order valence-corrected chi connectivity index (χ1v) is 23.3. The van der Waals surface area contributed by atoms with Crippen molar-refractivity contribution in [3.8, 4) is 11.5 Å². The molecule has 67 heavy (non-hydrogen) atoms. The van der Waals surface area contributed by atoms with Crippen LogP contribution in [-0.4, -0.2) is 133 Å². The number of sulfonamides is 1. The fourth-order valence-corrected chi connectivity index (χ4v) is 8.40. The SMILES string of the molecule is CC(C)C[C@H](NC(=O)[C@H](C)NC(=O)[C@H](CC(=O)O)NC(=O)[C@H](CC(N)=O)NC(=O)CCCNS(=O)(=O)c1ccc(Oc2ccccc2)cc1)C(=O)N(C)[C@H](C(=O)N1CCC[C@H]1C(N)=O)C(C)C. The number of carboxylic acids is 1. The van der Waals surface area contributed by atoms with Crippen LogP contribution in [0.3, 0.4) is 0 Å². The van der Waals surface area contributed by atoms with Gasteiger partial charge in [0, 0.05) is 26.6 Å². The van der Waals surface area contributed by atoms with E-state index in [1.165, 1.54) is 48.0 Å². The van der Waals surface area contributed by atoms with Crippen molar-refractivity contribution in [3.63, 3.8) is 0 Å². The van der Waals surface area contributed by atoms with Gasteiger partial charge in [0.1, 0.15) is 47.8 Å². The molecule has 22 nitrogen and oxygen atoms in total. The zero-order valence-electron chi connectivity index (χ0n) is 38.5. The average Bonchev–Trinajstić information content (AvgIpc) is 3.75. The molecule has 23 heteroatoms. The molecule has 0 aromatic heterocycles. The van der Waals surface area contributed by atoms with E-state index in [0.29, 0.717) is 24.3 Å². The zero-order chi connectivity index (χ0) is 50.2. The molecular formula is C44H63N9O13S. The first-order chi connectivity index (χ1) is 31.4. The largest absolute Gasteiger partial charge is 0.481 e. The number of aliphatic carboxylic acids is 1. The number of nitrogens with one attached hydrogen (secondary N) is 5. The van der Waals surface area contributed by atoms with Crippen LogP contribution in [0.1, 0.15) is 79.6 Å². The monoisotopic (exact) mass is 957 g/mol. The van der Waals surface area contributed by atoms with Crippen LogP contribution in [0.2, 0.25) is 0 Å². The summed E-state index contributed by atoms with van der Waals surface area (Å²) in [6.07, 6.45) is -1.09. The molecule has 1 fully saturated rings. The number of carboxylic acid groups (broad SMARTS) is 1. The maximum Gasteiger partial charge on any atom is 0.305 e. The van der Waals surface area contributed by atoms with Gasteiger partial charge in [0.05, 0.1) is 17.7 Å².